The van der Waals surface area contributed by atoms with E-state index in [4.69, 9.17) is 0 Å². The minimum atomic E-state index is -1.32. The van der Waals surface area contributed by atoms with Crippen molar-refractivity contribution in [1.82, 2.24) is 5.32 Å². The molecule has 0 aliphatic carbocycles. The zero-order valence-electron chi connectivity index (χ0n) is 9.47. The van der Waals surface area contributed by atoms with Crippen molar-refractivity contribution in [2.45, 2.75) is 17.2 Å². The second-order valence-electron chi connectivity index (χ2n) is 3.22. The lowest BCUT2D eigenvalue weighted by Gasteiger charge is -2.14. The van der Waals surface area contributed by atoms with Crippen LogP contribution < -0.4 is 5.32 Å². The molecule has 0 aromatic carbocycles. The summed E-state index contributed by atoms with van der Waals surface area (Å²) in [6.07, 6.45) is 0. The second-order valence-corrected chi connectivity index (χ2v) is 5.89. The molecule has 1 N–H and O–H groups in total. The van der Waals surface area contributed by atoms with Crippen LogP contribution in [-0.2, 0) is 25.1 Å². The molecule has 1 heterocycles. The van der Waals surface area contributed by atoms with Gasteiger partial charge in [0.1, 0.15) is 6.04 Å². The van der Waals surface area contributed by atoms with Crippen LogP contribution in [0.4, 0.5) is 0 Å². The molecule has 0 aliphatic heterocycles. The van der Waals surface area contributed by atoms with Crippen molar-refractivity contribution in [3.8, 4) is 0 Å². The molecule has 1 aromatic rings. The normalized spacial score (nSPS) is 13.8. The summed E-state index contributed by atoms with van der Waals surface area (Å²) >= 11 is 1.35. The SMILES string of the molecule is COC(=O)C(CS(=O)c1cccs1)NC(C)=O. The Morgan fingerprint density at radius 1 is 1.59 bits per heavy atom. The fourth-order valence-corrected chi connectivity index (χ4v) is 3.35. The third-order valence-electron chi connectivity index (χ3n) is 1.90. The van der Waals surface area contributed by atoms with Crippen LogP contribution in [-0.4, -0.2) is 35.0 Å². The van der Waals surface area contributed by atoms with E-state index < -0.39 is 22.8 Å². The Balaban J connectivity index is 2.69. The van der Waals surface area contributed by atoms with Gasteiger partial charge in [-0.05, 0) is 11.4 Å². The van der Waals surface area contributed by atoms with E-state index in [9.17, 15) is 13.8 Å². The van der Waals surface area contributed by atoms with Gasteiger partial charge in [-0.2, -0.15) is 0 Å². The lowest BCUT2D eigenvalue weighted by atomic mass is 10.3. The Labute approximate surface area is 106 Å². The van der Waals surface area contributed by atoms with Gasteiger partial charge in [0.2, 0.25) is 5.91 Å². The number of ether oxygens (including phenoxy) is 1. The van der Waals surface area contributed by atoms with E-state index in [2.05, 4.69) is 10.1 Å². The number of thiophene rings is 1. The van der Waals surface area contributed by atoms with Crippen LogP contribution >= 0.6 is 11.3 Å². The van der Waals surface area contributed by atoms with Crippen molar-refractivity contribution in [1.29, 1.82) is 0 Å². The van der Waals surface area contributed by atoms with Crippen molar-refractivity contribution in [3.63, 3.8) is 0 Å². The summed E-state index contributed by atoms with van der Waals surface area (Å²) in [4.78, 5) is 22.3. The molecule has 0 saturated carbocycles. The van der Waals surface area contributed by atoms with E-state index in [0.717, 1.165) is 0 Å². The molecule has 5 nitrogen and oxygen atoms in total. The Morgan fingerprint density at radius 3 is 2.76 bits per heavy atom. The van der Waals surface area contributed by atoms with E-state index in [0.29, 0.717) is 4.21 Å². The first-order chi connectivity index (χ1) is 8.04. The van der Waals surface area contributed by atoms with Gasteiger partial charge in [-0.15, -0.1) is 11.3 Å². The van der Waals surface area contributed by atoms with E-state index in [1.807, 2.05) is 0 Å². The number of hydrogen-bond acceptors (Lipinski definition) is 5. The Hall–Kier alpha value is -1.21. The van der Waals surface area contributed by atoms with Crippen LogP contribution in [0.15, 0.2) is 21.7 Å². The summed E-state index contributed by atoms with van der Waals surface area (Å²) in [7, 11) is -0.0906. The van der Waals surface area contributed by atoms with E-state index in [1.165, 1.54) is 25.4 Å². The van der Waals surface area contributed by atoms with Gasteiger partial charge in [-0.1, -0.05) is 6.07 Å². The van der Waals surface area contributed by atoms with Crippen molar-refractivity contribution in [2.24, 2.45) is 0 Å². The summed E-state index contributed by atoms with van der Waals surface area (Å²) in [6, 6.07) is 2.63. The van der Waals surface area contributed by atoms with Crippen LogP contribution in [0.25, 0.3) is 0 Å². The second kappa shape index (κ2) is 6.51. The molecule has 17 heavy (non-hydrogen) atoms. The van der Waals surface area contributed by atoms with Crippen LogP contribution in [0.5, 0.6) is 0 Å². The van der Waals surface area contributed by atoms with E-state index >= 15 is 0 Å². The van der Waals surface area contributed by atoms with Crippen molar-refractivity contribution in [3.05, 3.63) is 17.5 Å². The number of hydrogen-bond donors (Lipinski definition) is 1. The number of nitrogens with one attached hydrogen (secondary N) is 1. The van der Waals surface area contributed by atoms with E-state index in [-0.39, 0.29) is 11.7 Å². The van der Waals surface area contributed by atoms with Gasteiger partial charge in [0.05, 0.1) is 27.9 Å². The molecule has 94 valence electrons. The van der Waals surface area contributed by atoms with Gasteiger partial charge < -0.3 is 10.1 Å². The zero-order chi connectivity index (χ0) is 12.8. The quantitative estimate of drug-likeness (QED) is 0.796. The van der Waals surface area contributed by atoms with Gasteiger partial charge in [0, 0.05) is 6.92 Å². The van der Waals surface area contributed by atoms with Crippen LogP contribution in [0.1, 0.15) is 6.92 Å². The summed E-state index contributed by atoms with van der Waals surface area (Å²) < 4.78 is 17.1. The van der Waals surface area contributed by atoms with Gasteiger partial charge in [0.15, 0.2) is 0 Å². The van der Waals surface area contributed by atoms with Gasteiger partial charge >= 0.3 is 5.97 Å². The Bertz CT molecular complexity index is 416. The fourth-order valence-electron chi connectivity index (χ4n) is 1.18. The van der Waals surface area contributed by atoms with Crippen molar-refractivity contribution < 1.29 is 18.5 Å². The minimum Gasteiger partial charge on any atom is -0.467 e. The van der Waals surface area contributed by atoms with Crippen LogP contribution in [0, 0.1) is 0 Å². The number of carbonyl (C=O) groups is 2. The highest BCUT2D eigenvalue weighted by Crippen LogP contribution is 2.14. The first-order valence-corrected chi connectivity index (χ1v) is 7.01. The summed E-state index contributed by atoms with van der Waals surface area (Å²) in [5.41, 5.74) is 0. The number of amides is 1. The summed E-state index contributed by atoms with van der Waals surface area (Å²) in [5.74, 6) is -0.930. The monoisotopic (exact) mass is 275 g/mol. The average Bonchev–Trinajstić information content (AvgIpc) is 2.79. The van der Waals surface area contributed by atoms with Crippen molar-refractivity contribution in [2.75, 3.05) is 12.9 Å². The predicted molar refractivity (Wildman–Crippen MR) is 65.2 cm³/mol. The molecule has 1 rings (SSSR count). The molecule has 0 aliphatic rings. The lowest BCUT2D eigenvalue weighted by molar-refractivity contribution is -0.144. The third-order valence-corrected chi connectivity index (χ3v) is 4.63. The molecule has 2 unspecified atom stereocenters. The standard InChI is InChI=1S/C10H13NO4S2/c1-7(12)11-8(10(13)15-2)6-17(14)9-4-3-5-16-9/h3-5,8H,6H2,1-2H3,(H,11,12). The molecule has 7 heteroatoms. The topological polar surface area (TPSA) is 72.5 Å². The molecular weight excluding hydrogens is 262 g/mol. The molecule has 2 atom stereocenters. The molecule has 0 bridgehead atoms. The number of methoxy groups -OCH3 is 1. The summed E-state index contributed by atoms with van der Waals surface area (Å²) in [6.45, 7) is 1.30. The average molecular weight is 275 g/mol. The molecular formula is C10H13NO4S2. The predicted octanol–water partition coefficient (Wildman–Crippen LogP) is 0.533. The first-order valence-electron chi connectivity index (χ1n) is 4.81. The lowest BCUT2D eigenvalue weighted by Crippen LogP contribution is -2.44. The molecule has 1 amide bonds. The number of carbonyl (C=O) groups excluding carboxylic acids is 2. The highest BCUT2D eigenvalue weighted by atomic mass is 32.2. The first kappa shape index (κ1) is 13.9. The van der Waals surface area contributed by atoms with Gasteiger partial charge in [0.25, 0.3) is 0 Å². The minimum absolute atomic E-state index is 0.0206. The maximum atomic E-state index is 11.9. The third kappa shape index (κ3) is 4.27. The molecule has 0 spiro atoms. The van der Waals surface area contributed by atoms with Crippen LogP contribution in [0.2, 0.25) is 0 Å². The highest BCUT2D eigenvalue weighted by molar-refractivity contribution is 7.87. The zero-order valence-corrected chi connectivity index (χ0v) is 11.1. The maximum absolute atomic E-state index is 11.9. The fraction of sp³-hybridized carbons (Fsp3) is 0.400. The van der Waals surface area contributed by atoms with E-state index in [1.54, 1.807) is 17.5 Å². The number of esters is 1. The molecule has 0 radical (unpaired) electrons. The largest absolute Gasteiger partial charge is 0.467 e. The summed E-state index contributed by atoms with van der Waals surface area (Å²) in [5, 5.41) is 4.23. The highest BCUT2D eigenvalue weighted by Gasteiger charge is 2.23. The molecule has 0 fully saturated rings. The molecule has 1 aromatic heterocycles. The molecule has 0 saturated heterocycles. The van der Waals surface area contributed by atoms with Crippen LogP contribution in [0.3, 0.4) is 0 Å². The van der Waals surface area contributed by atoms with Gasteiger partial charge in [-0.3, -0.25) is 9.00 Å². The number of rotatable bonds is 5. The van der Waals surface area contributed by atoms with Crippen molar-refractivity contribution >= 4 is 34.0 Å². The smallest absolute Gasteiger partial charge is 0.329 e. The Kier molecular flexibility index (Phi) is 5.30. The Morgan fingerprint density at radius 2 is 2.29 bits per heavy atom. The maximum Gasteiger partial charge on any atom is 0.329 e. The van der Waals surface area contributed by atoms with Gasteiger partial charge in [-0.25, -0.2) is 4.79 Å².